The largest absolute Gasteiger partial charge is 0.393 e. The van der Waals surface area contributed by atoms with Gasteiger partial charge in [0, 0.05) is 5.92 Å². The Kier molecular flexibility index (Phi) is 7.06. The summed E-state index contributed by atoms with van der Waals surface area (Å²) in [7, 11) is 0. The lowest BCUT2D eigenvalue weighted by Crippen LogP contribution is -2.49. The Balaban J connectivity index is 1.59. The van der Waals surface area contributed by atoms with Crippen molar-refractivity contribution in [2.24, 2.45) is 40.4 Å². The normalized spacial score (nSPS) is 44.0. The summed E-state index contributed by atoms with van der Waals surface area (Å²) in [5.74, 6) is 1.39. The molecule has 0 amide bonds. The number of aliphatic hydroxyl groups excluding tert-OH is 4. The molecular weight excluding hydrogens is 412 g/mol. The van der Waals surface area contributed by atoms with Crippen LogP contribution < -0.4 is 0 Å². The number of fused-ring (bicyclic) bond motifs is 5. The van der Waals surface area contributed by atoms with Crippen molar-refractivity contribution in [3.8, 4) is 0 Å². The van der Waals surface area contributed by atoms with Crippen LogP contribution in [0.3, 0.4) is 0 Å². The van der Waals surface area contributed by atoms with Gasteiger partial charge in [0.05, 0.1) is 24.9 Å². The van der Waals surface area contributed by atoms with Gasteiger partial charge < -0.3 is 20.4 Å². The monoisotopic (exact) mass is 458 g/mol. The number of allylic oxidation sites excluding steroid dienone is 4. The Bertz CT molecular complexity index is 825. The fraction of sp³-hybridized carbons (Fsp3) is 0.793. The van der Waals surface area contributed by atoms with Crippen LogP contribution in [0, 0.1) is 40.4 Å². The highest BCUT2D eigenvalue weighted by Crippen LogP contribution is 2.65. The Hall–Kier alpha value is -0.940. The molecule has 4 aliphatic carbocycles. The van der Waals surface area contributed by atoms with Gasteiger partial charge in [-0.3, -0.25) is 0 Å². The van der Waals surface area contributed by atoms with Gasteiger partial charge in [-0.15, -0.1) is 0 Å². The van der Waals surface area contributed by atoms with Crippen LogP contribution in [0.5, 0.6) is 0 Å². The number of hydrogen-bond donors (Lipinski definition) is 4. The molecule has 33 heavy (non-hydrogen) atoms. The van der Waals surface area contributed by atoms with E-state index in [1.807, 2.05) is 6.08 Å². The fourth-order valence-corrected chi connectivity index (χ4v) is 8.31. The zero-order valence-corrected chi connectivity index (χ0v) is 21.3. The molecular formula is C29H46O4. The Morgan fingerprint density at radius 2 is 1.88 bits per heavy atom. The smallest absolute Gasteiger partial charge is 0.0764 e. The molecule has 0 aromatic rings. The molecule has 4 N–H and O–H groups in total. The molecule has 0 radical (unpaired) electrons. The highest BCUT2D eigenvalue weighted by atomic mass is 16.3. The number of rotatable bonds is 6. The maximum absolute atomic E-state index is 11.3. The minimum atomic E-state index is -0.523. The van der Waals surface area contributed by atoms with Gasteiger partial charge in [-0.05, 0) is 90.6 Å². The van der Waals surface area contributed by atoms with E-state index in [1.54, 1.807) is 0 Å². The third kappa shape index (κ3) is 4.20. The van der Waals surface area contributed by atoms with Crippen LogP contribution in [0.4, 0.5) is 0 Å². The Morgan fingerprint density at radius 3 is 2.55 bits per heavy atom. The van der Waals surface area contributed by atoms with E-state index in [0.29, 0.717) is 18.3 Å². The summed E-state index contributed by atoms with van der Waals surface area (Å²) < 4.78 is 0. The third-order valence-electron chi connectivity index (χ3n) is 10.2. The van der Waals surface area contributed by atoms with Crippen LogP contribution in [0.1, 0.15) is 79.6 Å². The van der Waals surface area contributed by atoms with Gasteiger partial charge in [-0.25, -0.2) is 0 Å². The average Bonchev–Trinajstić information content (AvgIpc) is 3.02. The average molecular weight is 459 g/mol. The summed E-state index contributed by atoms with van der Waals surface area (Å²) in [4.78, 5) is 0. The first-order chi connectivity index (χ1) is 15.5. The molecule has 0 aromatic carbocycles. The van der Waals surface area contributed by atoms with Gasteiger partial charge >= 0.3 is 0 Å². The van der Waals surface area contributed by atoms with Gasteiger partial charge in [0.2, 0.25) is 0 Å². The molecule has 4 heteroatoms. The molecule has 0 spiro atoms. The van der Waals surface area contributed by atoms with E-state index in [9.17, 15) is 20.4 Å². The summed E-state index contributed by atoms with van der Waals surface area (Å²) in [6.07, 6.45) is 11.4. The molecule has 186 valence electrons. The minimum Gasteiger partial charge on any atom is -0.393 e. The standard InChI is InChI=1S/C29H46O4/c1-17(2)19(10-13-30)7-6-18(3)27-26(33)16-23-21-15-25(32)24-14-20(31)8-11-28(24,4)22(21)9-12-29(23,27)5/h9-10,15,17-18,20,23-27,30-33H,6-8,11-14,16H2,1-5H3. The first-order valence-corrected chi connectivity index (χ1v) is 13.3. The Morgan fingerprint density at radius 1 is 1.15 bits per heavy atom. The zero-order chi connectivity index (χ0) is 24.1. The van der Waals surface area contributed by atoms with Crippen LogP contribution in [0.15, 0.2) is 34.9 Å². The fourth-order valence-electron chi connectivity index (χ4n) is 8.31. The molecule has 2 fully saturated rings. The van der Waals surface area contributed by atoms with Crippen molar-refractivity contribution < 1.29 is 20.4 Å². The maximum atomic E-state index is 11.3. The second kappa shape index (κ2) is 9.26. The molecule has 0 bridgehead atoms. The van der Waals surface area contributed by atoms with Crippen molar-refractivity contribution in [1.82, 2.24) is 0 Å². The van der Waals surface area contributed by atoms with Gasteiger partial charge in [0.1, 0.15) is 0 Å². The van der Waals surface area contributed by atoms with Gasteiger partial charge in [-0.2, -0.15) is 0 Å². The van der Waals surface area contributed by atoms with Crippen LogP contribution in [-0.4, -0.2) is 45.3 Å². The predicted octanol–water partition coefficient (Wildman–Crippen LogP) is 4.78. The first kappa shape index (κ1) is 25.2. The van der Waals surface area contributed by atoms with Crippen molar-refractivity contribution in [3.63, 3.8) is 0 Å². The SMILES string of the molecule is CC(C)C(=CCO)CCC(C)C1C(O)CC2C3=CC(O)C4CC(O)CCC4(C)C3=CCC21C. The maximum Gasteiger partial charge on any atom is 0.0764 e. The van der Waals surface area contributed by atoms with E-state index in [-0.39, 0.29) is 47.4 Å². The van der Waals surface area contributed by atoms with Crippen molar-refractivity contribution in [3.05, 3.63) is 34.9 Å². The summed E-state index contributed by atoms with van der Waals surface area (Å²) in [6.45, 7) is 11.4. The van der Waals surface area contributed by atoms with Gasteiger partial charge in [0.15, 0.2) is 0 Å². The summed E-state index contributed by atoms with van der Waals surface area (Å²) >= 11 is 0. The van der Waals surface area contributed by atoms with Crippen LogP contribution in [0.2, 0.25) is 0 Å². The summed E-state index contributed by atoms with van der Waals surface area (Å²) in [5.41, 5.74) is 3.88. The van der Waals surface area contributed by atoms with Crippen molar-refractivity contribution in [2.45, 2.75) is 97.9 Å². The summed E-state index contributed by atoms with van der Waals surface area (Å²) in [6, 6.07) is 0. The second-order valence-corrected chi connectivity index (χ2v) is 12.4. The molecule has 0 saturated heterocycles. The van der Waals surface area contributed by atoms with Crippen LogP contribution >= 0.6 is 0 Å². The van der Waals surface area contributed by atoms with E-state index in [1.165, 1.54) is 16.7 Å². The molecule has 4 aliphatic rings. The molecule has 4 nitrogen and oxygen atoms in total. The predicted molar refractivity (Wildman–Crippen MR) is 132 cm³/mol. The minimum absolute atomic E-state index is 0.00997. The van der Waals surface area contributed by atoms with Gasteiger partial charge in [-0.1, -0.05) is 58.4 Å². The highest BCUT2D eigenvalue weighted by molar-refractivity contribution is 5.48. The van der Waals surface area contributed by atoms with Crippen LogP contribution in [0.25, 0.3) is 0 Å². The van der Waals surface area contributed by atoms with Crippen molar-refractivity contribution in [2.75, 3.05) is 6.61 Å². The molecule has 0 heterocycles. The lowest BCUT2D eigenvalue weighted by atomic mass is 9.51. The molecule has 0 aliphatic heterocycles. The Labute approximate surface area is 200 Å². The van der Waals surface area contributed by atoms with E-state index in [4.69, 9.17) is 0 Å². The second-order valence-electron chi connectivity index (χ2n) is 12.4. The number of aliphatic hydroxyl groups is 4. The van der Waals surface area contributed by atoms with Crippen molar-refractivity contribution in [1.29, 1.82) is 0 Å². The van der Waals surface area contributed by atoms with E-state index < -0.39 is 6.10 Å². The first-order valence-electron chi connectivity index (χ1n) is 13.3. The topological polar surface area (TPSA) is 80.9 Å². The highest BCUT2D eigenvalue weighted by Gasteiger charge is 2.59. The lowest BCUT2D eigenvalue weighted by Gasteiger charge is -2.54. The van der Waals surface area contributed by atoms with Gasteiger partial charge in [0.25, 0.3) is 0 Å². The third-order valence-corrected chi connectivity index (χ3v) is 10.2. The molecule has 2 saturated carbocycles. The van der Waals surface area contributed by atoms with E-state index in [2.05, 4.69) is 46.8 Å². The van der Waals surface area contributed by atoms with Crippen LogP contribution in [-0.2, 0) is 0 Å². The number of hydrogen-bond acceptors (Lipinski definition) is 4. The molecule has 9 atom stereocenters. The quantitative estimate of drug-likeness (QED) is 0.432. The molecule has 4 rings (SSSR count). The van der Waals surface area contributed by atoms with E-state index >= 15 is 0 Å². The zero-order valence-electron chi connectivity index (χ0n) is 21.3. The molecule has 0 aromatic heterocycles. The van der Waals surface area contributed by atoms with E-state index in [0.717, 1.165) is 38.5 Å². The summed E-state index contributed by atoms with van der Waals surface area (Å²) in [5, 5.41) is 42.1. The lowest BCUT2D eigenvalue weighted by molar-refractivity contribution is -0.0240. The van der Waals surface area contributed by atoms with Crippen molar-refractivity contribution >= 4 is 0 Å². The molecule has 9 unspecified atom stereocenters.